The van der Waals surface area contributed by atoms with Crippen molar-refractivity contribution < 1.29 is 14.3 Å². The molecule has 0 unspecified atom stereocenters. The van der Waals surface area contributed by atoms with Crippen LogP contribution in [0, 0.1) is 0 Å². The molecule has 0 radical (unpaired) electrons. The van der Waals surface area contributed by atoms with Gasteiger partial charge in [0.2, 0.25) is 0 Å². The van der Waals surface area contributed by atoms with Gasteiger partial charge < -0.3 is 15.4 Å². The van der Waals surface area contributed by atoms with Crippen molar-refractivity contribution in [3.63, 3.8) is 0 Å². The minimum absolute atomic E-state index is 0.212. The lowest BCUT2D eigenvalue weighted by atomic mass is 10.2. The molecule has 1 aromatic heterocycles. The lowest BCUT2D eigenvalue weighted by molar-refractivity contribution is -0.122. The zero-order valence-electron chi connectivity index (χ0n) is 12.0. The van der Waals surface area contributed by atoms with Crippen molar-refractivity contribution in [2.75, 3.05) is 10.6 Å². The molecule has 1 aliphatic rings. The SMILES string of the molecule is CCc1nnsc1C(=O)Nc1ccc2c(c1)NC(=O)[C@H](C)O2. The molecule has 0 spiro atoms. The molecule has 1 atom stereocenters. The maximum Gasteiger partial charge on any atom is 0.269 e. The number of aryl methyl sites for hydroxylation is 1. The highest BCUT2D eigenvalue weighted by molar-refractivity contribution is 7.08. The number of aromatic nitrogens is 2. The van der Waals surface area contributed by atoms with Gasteiger partial charge in [-0.1, -0.05) is 11.4 Å². The summed E-state index contributed by atoms with van der Waals surface area (Å²) < 4.78 is 9.27. The third kappa shape index (κ3) is 2.64. The summed E-state index contributed by atoms with van der Waals surface area (Å²) in [6, 6.07) is 5.10. The second kappa shape index (κ2) is 5.72. The largest absolute Gasteiger partial charge is 0.479 e. The number of carbonyl (C=O) groups excluding carboxylic acids is 2. The third-order valence-corrected chi connectivity index (χ3v) is 4.03. The second-order valence-corrected chi connectivity index (χ2v) is 5.57. The van der Waals surface area contributed by atoms with Crippen LogP contribution in [-0.2, 0) is 11.2 Å². The van der Waals surface area contributed by atoms with Crippen molar-refractivity contribution in [1.82, 2.24) is 9.59 Å². The topological polar surface area (TPSA) is 93.2 Å². The number of ether oxygens (including phenoxy) is 1. The van der Waals surface area contributed by atoms with E-state index in [0.29, 0.717) is 34.1 Å². The summed E-state index contributed by atoms with van der Waals surface area (Å²) in [6.07, 6.45) is 0.119. The van der Waals surface area contributed by atoms with Gasteiger partial charge in [-0.2, -0.15) is 0 Å². The summed E-state index contributed by atoms with van der Waals surface area (Å²) in [6.45, 7) is 3.59. The molecule has 0 bridgehead atoms. The molecule has 2 heterocycles. The van der Waals surface area contributed by atoms with Crippen LogP contribution in [0.15, 0.2) is 18.2 Å². The summed E-state index contributed by atoms with van der Waals surface area (Å²) in [5, 5.41) is 9.44. The molecule has 2 aromatic rings. The number of amides is 2. The van der Waals surface area contributed by atoms with Crippen LogP contribution in [0.2, 0.25) is 0 Å². The number of nitrogens with one attached hydrogen (secondary N) is 2. The molecule has 8 heteroatoms. The van der Waals surface area contributed by atoms with E-state index in [9.17, 15) is 9.59 Å². The number of nitrogens with zero attached hydrogens (tertiary/aromatic N) is 2. The van der Waals surface area contributed by atoms with E-state index in [1.54, 1.807) is 25.1 Å². The Hall–Kier alpha value is -2.48. The Labute approximate surface area is 130 Å². The van der Waals surface area contributed by atoms with E-state index in [-0.39, 0.29) is 11.8 Å². The first-order valence-corrected chi connectivity index (χ1v) is 7.60. The first kappa shape index (κ1) is 14.5. The molecule has 1 aromatic carbocycles. The van der Waals surface area contributed by atoms with Crippen LogP contribution >= 0.6 is 11.5 Å². The number of anilines is 2. The van der Waals surface area contributed by atoms with Gasteiger partial charge in [0.25, 0.3) is 11.8 Å². The maximum absolute atomic E-state index is 12.2. The molecule has 0 saturated heterocycles. The van der Waals surface area contributed by atoms with Gasteiger partial charge in [0, 0.05) is 5.69 Å². The fourth-order valence-corrected chi connectivity index (χ4v) is 2.73. The van der Waals surface area contributed by atoms with Gasteiger partial charge >= 0.3 is 0 Å². The van der Waals surface area contributed by atoms with Gasteiger partial charge in [0.05, 0.1) is 11.4 Å². The predicted molar refractivity (Wildman–Crippen MR) is 82.4 cm³/mol. The van der Waals surface area contributed by atoms with Crippen LogP contribution in [0.5, 0.6) is 5.75 Å². The van der Waals surface area contributed by atoms with Crippen molar-refractivity contribution >= 4 is 34.7 Å². The van der Waals surface area contributed by atoms with Crippen LogP contribution in [0.3, 0.4) is 0 Å². The molecular formula is C14H14N4O3S. The minimum Gasteiger partial charge on any atom is -0.479 e. The van der Waals surface area contributed by atoms with E-state index in [1.807, 2.05) is 6.92 Å². The minimum atomic E-state index is -0.525. The predicted octanol–water partition coefficient (Wildman–Crippen LogP) is 2.07. The molecule has 0 fully saturated rings. The van der Waals surface area contributed by atoms with Crippen molar-refractivity contribution in [1.29, 1.82) is 0 Å². The van der Waals surface area contributed by atoms with Gasteiger partial charge in [-0.25, -0.2) is 0 Å². The van der Waals surface area contributed by atoms with Gasteiger partial charge in [-0.15, -0.1) is 5.10 Å². The van der Waals surface area contributed by atoms with E-state index in [0.717, 1.165) is 11.5 Å². The van der Waals surface area contributed by atoms with Crippen LogP contribution in [-0.4, -0.2) is 27.5 Å². The van der Waals surface area contributed by atoms with Crippen LogP contribution in [0.25, 0.3) is 0 Å². The summed E-state index contributed by atoms with van der Waals surface area (Å²) in [5.41, 5.74) is 1.78. The summed E-state index contributed by atoms with van der Waals surface area (Å²) in [5.74, 6) is 0.109. The second-order valence-electron chi connectivity index (χ2n) is 4.82. The zero-order chi connectivity index (χ0) is 15.7. The smallest absolute Gasteiger partial charge is 0.269 e. The number of hydrogen-bond donors (Lipinski definition) is 2. The Morgan fingerprint density at radius 3 is 3.09 bits per heavy atom. The first-order valence-electron chi connectivity index (χ1n) is 6.82. The average Bonchev–Trinajstić information content (AvgIpc) is 2.97. The first-order chi connectivity index (χ1) is 10.6. The Bertz CT molecular complexity index is 743. The van der Waals surface area contributed by atoms with Gasteiger partial charge in [0.15, 0.2) is 6.10 Å². The van der Waals surface area contributed by atoms with Crippen LogP contribution in [0.4, 0.5) is 11.4 Å². The number of rotatable bonds is 3. The van der Waals surface area contributed by atoms with Gasteiger partial charge in [-0.3, -0.25) is 9.59 Å². The number of fused-ring (bicyclic) bond motifs is 1. The highest BCUT2D eigenvalue weighted by Gasteiger charge is 2.24. The van der Waals surface area contributed by atoms with E-state index in [1.165, 1.54) is 0 Å². The Morgan fingerprint density at radius 1 is 1.50 bits per heavy atom. The summed E-state index contributed by atoms with van der Waals surface area (Å²) in [4.78, 5) is 24.4. The molecule has 2 N–H and O–H groups in total. The van der Waals surface area contributed by atoms with E-state index in [2.05, 4.69) is 20.2 Å². The van der Waals surface area contributed by atoms with Crippen molar-refractivity contribution in [3.05, 3.63) is 28.8 Å². The standard InChI is InChI=1S/C14H14N4O3S/c1-3-9-12(22-18-17-9)14(20)15-8-4-5-11-10(6-8)16-13(19)7(2)21-11/h4-7H,3H2,1-2H3,(H,15,20)(H,16,19)/t7-/m0/s1. The number of carbonyl (C=O) groups is 2. The maximum atomic E-state index is 12.2. The van der Waals surface area contributed by atoms with E-state index >= 15 is 0 Å². The molecule has 2 amide bonds. The van der Waals surface area contributed by atoms with Crippen molar-refractivity contribution in [2.45, 2.75) is 26.4 Å². The highest BCUT2D eigenvalue weighted by atomic mass is 32.1. The molecule has 0 aliphatic carbocycles. The molecule has 22 heavy (non-hydrogen) atoms. The normalized spacial score (nSPS) is 16.5. The summed E-state index contributed by atoms with van der Waals surface area (Å²) >= 11 is 1.06. The van der Waals surface area contributed by atoms with Crippen LogP contribution in [0.1, 0.15) is 29.2 Å². The highest BCUT2D eigenvalue weighted by Crippen LogP contribution is 2.32. The van der Waals surface area contributed by atoms with Crippen LogP contribution < -0.4 is 15.4 Å². The van der Waals surface area contributed by atoms with Crippen molar-refractivity contribution in [2.24, 2.45) is 0 Å². The fourth-order valence-electron chi connectivity index (χ4n) is 2.09. The Kier molecular flexibility index (Phi) is 3.76. The molecule has 114 valence electrons. The molecule has 7 nitrogen and oxygen atoms in total. The fraction of sp³-hybridized carbons (Fsp3) is 0.286. The van der Waals surface area contributed by atoms with Crippen molar-refractivity contribution in [3.8, 4) is 5.75 Å². The van der Waals surface area contributed by atoms with E-state index in [4.69, 9.17) is 4.74 Å². The average molecular weight is 318 g/mol. The lowest BCUT2D eigenvalue weighted by Crippen LogP contribution is -2.34. The number of benzene rings is 1. The van der Waals surface area contributed by atoms with Gasteiger partial charge in [-0.05, 0) is 43.1 Å². The van der Waals surface area contributed by atoms with E-state index < -0.39 is 6.10 Å². The molecule has 3 rings (SSSR count). The lowest BCUT2D eigenvalue weighted by Gasteiger charge is -2.23. The Balaban J connectivity index is 1.81. The Morgan fingerprint density at radius 2 is 2.32 bits per heavy atom. The number of hydrogen-bond acceptors (Lipinski definition) is 6. The monoisotopic (exact) mass is 318 g/mol. The molecule has 1 aliphatic heterocycles. The zero-order valence-corrected chi connectivity index (χ0v) is 12.9. The molecule has 0 saturated carbocycles. The van der Waals surface area contributed by atoms with Gasteiger partial charge in [0.1, 0.15) is 10.6 Å². The quantitative estimate of drug-likeness (QED) is 0.903. The molecular weight excluding hydrogens is 304 g/mol. The third-order valence-electron chi connectivity index (χ3n) is 3.27. The summed E-state index contributed by atoms with van der Waals surface area (Å²) in [7, 11) is 0.